The lowest BCUT2D eigenvalue weighted by atomic mass is 10.1. The molecular weight excluding hydrogens is 172 g/mol. The highest BCUT2D eigenvalue weighted by molar-refractivity contribution is 5.84. The molecule has 1 fully saturated rings. The van der Waals surface area contributed by atoms with Crippen molar-refractivity contribution in [1.82, 2.24) is 4.57 Å². The van der Waals surface area contributed by atoms with Crippen LogP contribution in [-0.2, 0) is 7.05 Å². The molecule has 2 N–H and O–H groups in total. The summed E-state index contributed by atoms with van der Waals surface area (Å²) >= 11 is 0. The molecule has 0 amide bonds. The molecule has 0 unspecified atom stereocenters. The minimum atomic E-state index is 0.385. The van der Waals surface area contributed by atoms with Gasteiger partial charge in [0.1, 0.15) is 0 Å². The van der Waals surface area contributed by atoms with Crippen molar-refractivity contribution in [3.05, 3.63) is 36.0 Å². The Labute approximate surface area is 83.3 Å². The van der Waals surface area contributed by atoms with Crippen molar-refractivity contribution >= 4 is 10.9 Å². The van der Waals surface area contributed by atoms with Gasteiger partial charge in [-0.3, -0.25) is 0 Å². The SMILES string of the molecule is Cn1ccc2cccc([C@@H]3C[C@H]3N)c21. The van der Waals surface area contributed by atoms with Crippen LogP contribution >= 0.6 is 0 Å². The molecule has 2 atom stereocenters. The molecule has 1 aromatic heterocycles. The lowest BCUT2D eigenvalue weighted by Crippen LogP contribution is -2.02. The molecule has 0 saturated heterocycles. The molecule has 0 spiro atoms. The quantitative estimate of drug-likeness (QED) is 0.725. The fraction of sp³-hybridized carbons (Fsp3) is 0.333. The van der Waals surface area contributed by atoms with E-state index in [4.69, 9.17) is 5.73 Å². The minimum Gasteiger partial charge on any atom is -0.350 e. The number of nitrogens with two attached hydrogens (primary N) is 1. The monoisotopic (exact) mass is 186 g/mol. The lowest BCUT2D eigenvalue weighted by molar-refractivity contribution is 0.939. The molecule has 2 heteroatoms. The van der Waals surface area contributed by atoms with E-state index >= 15 is 0 Å². The molecule has 2 aromatic rings. The highest BCUT2D eigenvalue weighted by atomic mass is 14.9. The number of nitrogens with zero attached hydrogens (tertiary/aromatic N) is 1. The van der Waals surface area contributed by atoms with E-state index in [1.807, 2.05) is 0 Å². The van der Waals surface area contributed by atoms with Crippen LogP contribution in [0.4, 0.5) is 0 Å². The Kier molecular flexibility index (Phi) is 1.50. The van der Waals surface area contributed by atoms with E-state index in [2.05, 4.69) is 42.1 Å². The predicted octanol–water partition coefficient (Wildman–Crippen LogP) is 1.99. The van der Waals surface area contributed by atoms with Gasteiger partial charge in [0.05, 0.1) is 5.52 Å². The summed E-state index contributed by atoms with van der Waals surface area (Å²) in [6.45, 7) is 0. The number of rotatable bonds is 1. The van der Waals surface area contributed by atoms with Crippen molar-refractivity contribution < 1.29 is 0 Å². The third-order valence-electron chi connectivity index (χ3n) is 3.17. The van der Waals surface area contributed by atoms with Gasteiger partial charge in [-0.15, -0.1) is 0 Å². The number of para-hydroxylation sites is 1. The summed E-state index contributed by atoms with van der Waals surface area (Å²) in [4.78, 5) is 0. The molecule has 2 nitrogen and oxygen atoms in total. The van der Waals surface area contributed by atoms with Crippen LogP contribution in [0.5, 0.6) is 0 Å². The molecule has 1 heterocycles. The molecular formula is C12H14N2. The average Bonchev–Trinajstić information content (AvgIpc) is 2.79. The molecule has 3 rings (SSSR count). The molecule has 0 radical (unpaired) electrons. The molecule has 72 valence electrons. The van der Waals surface area contributed by atoms with Gasteiger partial charge in [-0.05, 0) is 23.4 Å². The van der Waals surface area contributed by atoms with Crippen LogP contribution in [0.15, 0.2) is 30.5 Å². The predicted molar refractivity (Wildman–Crippen MR) is 58.3 cm³/mol. The normalized spacial score (nSPS) is 25.6. The highest BCUT2D eigenvalue weighted by Crippen LogP contribution is 2.42. The Morgan fingerprint density at radius 3 is 2.86 bits per heavy atom. The third kappa shape index (κ3) is 1.01. The summed E-state index contributed by atoms with van der Waals surface area (Å²) in [7, 11) is 2.10. The Morgan fingerprint density at radius 1 is 1.36 bits per heavy atom. The van der Waals surface area contributed by atoms with Crippen molar-refractivity contribution in [2.75, 3.05) is 0 Å². The van der Waals surface area contributed by atoms with E-state index in [-0.39, 0.29) is 0 Å². The van der Waals surface area contributed by atoms with Crippen LogP contribution < -0.4 is 5.73 Å². The zero-order valence-corrected chi connectivity index (χ0v) is 8.27. The molecule has 0 bridgehead atoms. The Hall–Kier alpha value is -1.28. The van der Waals surface area contributed by atoms with Crippen molar-refractivity contribution in [2.45, 2.75) is 18.4 Å². The molecule has 1 aliphatic carbocycles. The summed E-state index contributed by atoms with van der Waals surface area (Å²) < 4.78 is 2.19. The van der Waals surface area contributed by atoms with Gasteiger partial charge in [0.15, 0.2) is 0 Å². The number of benzene rings is 1. The number of hydrogen-bond donors (Lipinski definition) is 1. The second-order valence-electron chi connectivity index (χ2n) is 4.22. The highest BCUT2D eigenvalue weighted by Gasteiger charge is 2.36. The van der Waals surface area contributed by atoms with Gasteiger partial charge < -0.3 is 10.3 Å². The van der Waals surface area contributed by atoms with E-state index in [0.29, 0.717) is 12.0 Å². The topological polar surface area (TPSA) is 30.9 Å². The van der Waals surface area contributed by atoms with Crippen LogP contribution in [0.2, 0.25) is 0 Å². The van der Waals surface area contributed by atoms with Crippen LogP contribution in [0.1, 0.15) is 17.9 Å². The third-order valence-corrected chi connectivity index (χ3v) is 3.17. The van der Waals surface area contributed by atoms with Crippen molar-refractivity contribution in [2.24, 2.45) is 12.8 Å². The van der Waals surface area contributed by atoms with Crippen LogP contribution in [0, 0.1) is 0 Å². The van der Waals surface area contributed by atoms with Gasteiger partial charge in [-0.2, -0.15) is 0 Å². The maximum absolute atomic E-state index is 5.90. The van der Waals surface area contributed by atoms with E-state index < -0.39 is 0 Å². The summed E-state index contributed by atoms with van der Waals surface area (Å²) in [5.74, 6) is 0.590. The first-order valence-corrected chi connectivity index (χ1v) is 5.07. The van der Waals surface area contributed by atoms with Crippen molar-refractivity contribution in [3.63, 3.8) is 0 Å². The maximum Gasteiger partial charge on any atom is 0.0513 e. The summed E-state index contributed by atoms with van der Waals surface area (Å²) in [6.07, 6.45) is 3.26. The average molecular weight is 186 g/mol. The standard InChI is InChI=1S/C12H14N2/c1-14-6-5-8-3-2-4-9(12(8)14)10-7-11(10)13/h2-6,10-11H,7,13H2,1H3/t10-,11+/m0/s1. The zero-order valence-electron chi connectivity index (χ0n) is 8.27. The Bertz CT molecular complexity index is 484. The number of fused-ring (bicyclic) bond motifs is 1. The summed E-state index contributed by atoms with van der Waals surface area (Å²) in [6, 6.07) is 9.04. The summed E-state index contributed by atoms with van der Waals surface area (Å²) in [5, 5.41) is 1.32. The van der Waals surface area contributed by atoms with Gasteiger partial charge in [-0.25, -0.2) is 0 Å². The maximum atomic E-state index is 5.90. The largest absolute Gasteiger partial charge is 0.350 e. The van der Waals surface area contributed by atoms with Crippen molar-refractivity contribution in [1.29, 1.82) is 0 Å². The number of aromatic nitrogens is 1. The van der Waals surface area contributed by atoms with Crippen LogP contribution in [0.3, 0.4) is 0 Å². The first-order chi connectivity index (χ1) is 6.77. The van der Waals surface area contributed by atoms with Crippen LogP contribution in [-0.4, -0.2) is 10.6 Å². The molecule has 14 heavy (non-hydrogen) atoms. The summed E-state index contributed by atoms with van der Waals surface area (Å²) in [5.41, 5.74) is 8.67. The second-order valence-corrected chi connectivity index (χ2v) is 4.22. The first kappa shape index (κ1) is 8.06. The van der Waals surface area contributed by atoms with E-state index in [0.717, 1.165) is 6.42 Å². The van der Waals surface area contributed by atoms with E-state index in [1.165, 1.54) is 16.5 Å². The first-order valence-electron chi connectivity index (χ1n) is 5.07. The number of aryl methyl sites for hydroxylation is 1. The molecule has 0 aliphatic heterocycles. The fourth-order valence-electron chi connectivity index (χ4n) is 2.26. The lowest BCUT2D eigenvalue weighted by Gasteiger charge is -2.04. The molecule has 1 saturated carbocycles. The fourth-order valence-corrected chi connectivity index (χ4v) is 2.26. The van der Waals surface area contributed by atoms with Gasteiger partial charge in [0, 0.05) is 25.2 Å². The van der Waals surface area contributed by atoms with E-state index in [9.17, 15) is 0 Å². The van der Waals surface area contributed by atoms with Gasteiger partial charge in [0.25, 0.3) is 0 Å². The Balaban J connectivity index is 2.26. The molecule has 1 aromatic carbocycles. The smallest absolute Gasteiger partial charge is 0.0513 e. The molecule has 1 aliphatic rings. The minimum absolute atomic E-state index is 0.385. The Morgan fingerprint density at radius 2 is 2.14 bits per heavy atom. The van der Waals surface area contributed by atoms with E-state index in [1.54, 1.807) is 0 Å². The second kappa shape index (κ2) is 2.61. The van der Waals surface area contributed by atoms with Gasteiger partial charge in [0.2, 0.25) is 0 Å². The van der Waals surface area contributed by atoms with Crippen molar-refractivity contribution in [3.8, 4) is 0 Å². The number of hydrogen-bond acceptors (Lipinski definition) is 1. The van der Waals surface area contributed by atoms with Gasteiger partial charge >= 0.3 is 0 Å². The zero-order chi connectivity index (χ0) is 9.71. The van der Waals surface area contributed by atoms with Gasteiger partial charge in [-0.1, -0.05) is 18.2 Å². The van der Waals surface area contributed by atoms with Crippen LogP contribution in [0.25, 0.3) is 10.9 Å².